The fourth-order valence-electron chi connectivity index (χ4n) is 2.76. The van der Waals surface area contributed by atoms with Crippen molar-refractivity contribution in [3.63, 3.8) is 0 Å². The molecule has 1 aromatic rings. The summed E-state index contributed by atoms with van der Waals surface area (Å²) in [7, 11) is 0. The molecular weight excluding hydrogens is 400 g/mol. The third-order valence-corrected chi connectivity index (χ3v) is 4.08. The number of hydrogen-bond donors (Lipinski definition) is 1. The minimum absolute atomic E-state index is 0.0128. The van der Waals surface area contributed by atoms with Crippen molar-refractivity contribution < 1.29 is 23.9 Å². The summed E-state index contributed by atoms with van der Waals surface area (Å²) in [4.78, 5) is 43.8. The molecule has 31 heavy (non-hydrogen) atoms. The van der Waals surface area contributed by atoms with E-state index in [0.29, 0.717) is 30.9 Å². The summed E-state index contributed by atoms with van der Waals surface area (Å²) >= 11 is 0. The number of carbonyl (C=O) groups excluding carboxylic acids is 3. The molecule has 0 atom stereocenters. The predicted molar refractivity (Wildman–Crippen MR) is 118 cm³/mol. The van der Waals surface area contributed by atoms with Crippen molar-refractivity contribution in [1.82, 2.24) is 14.8 Å². The molecule has 1 fully saturated rings. The molecule has 1 aromatic heterocycles. The molecule has 1 aliphatic rings. The topological polar surface area (TPSA) is 101 Å². The van der Waals surface area contributed by atoms with Crippen LogP contribution >= 0.6 is 0 Å². The van der Waals surface area contributed by atoms with Gasteiger partial charge in [0.1, 0.15) is 17.7 Å². The minimum Gasteiger partial charge on any atom is -0.444 e. The van der Waals surface area contributed by atoms with Crippen LogP contribution in [0.3, 0.4) is 0 Å². The zero-order chi connectivity index (χ0) is 23.2. The van der Waals surface area contributed by atoms with E-state index in [4.69, 9.17) is 9.47 Å². The van der Waals surface area contributed by atoms with Gasteiger partial charge in [-0.2, -0.15) is 0 Å². The van der Waals surface area contributed by atoms with E-state index in [1.54, 1.807) is 71.0 Å². The van der Waals surface area contributed by atoms with Gasteiger partial charge in [0.2, 0.25) is 5.91 Å². The van der Waals surface area contributed by atoms with Gasteiger partial charge < -0.3 is 14.4 Å². The molecule has 9 nitrogen and oxygen atoms in total. The highest BCUT2D eigenvalue weighted by molar-refractivity contribution is 5.88. The monoisotopic (exact) mass is 432 g/mol. The van der Waals surface area contributed by atoms with Gasteiger partial charge in [-0.3, -0.25) is 20.0 Å². The van der Waals surface area contributed by atoms with Crippen LogP contribution in [0.4, 0.5) is 15.3 Å². The number of carbonyl (C=O) groups is 3. The Labute approximate surface area is 183 Å². The molecule has 2 heterocycles. The lowest BCUT2D eigenvalue weighted by molar-refractivity contribution is -0.135. The molecule has 1 N–H and O–H groups in total. The molecule has 3 amide bonds. The molecule has 0 radical (unpaired) electrons. The number of rotatable bonds is 4. The number of nitrogens with one attached hydrogen (secondary N) is 1. The molecular formula is C22H32N4O5. The average Bonchev–Trinajstić information content (AvgIpc) is 2.61. The maximum Gasteiger partial charge on any atom is 0.412 e. The number of aromatic nitrogens is 1. The lowest BCUT2D eigenvalue weighted by atomic mass is 10.2. The molecule has 0 aliphatic carbocycles. The fourth-order valence-corrected chi connectivity index (χ4v) is 2.76. The second kappa shape index (κ2) is 9.80. The number of piperazine rings is 1. The summed E-state index contributed by atoms with van der Waals surface area (Å²) in [5.74, 6) is -0.153. The summed E-state index contributed by atoms with van der Waals surface area (Å²) in [6.07, 6.45) is 5.76. The summed E-state index contributed by atoms with van der Waals surface area (Å²) in [5.41, 5.74) is 0.0405. The summed E-state index contributed by atoms with van der Waals surface area (Å²) in [5, 5.41) is 2.71. The van der Waals surface area contributed by atoms with Crippen molar-refractivity contribution in [1.29, 1.82) is 0 Å². The van der Waals surface area contributed by atoms with Crippen LogP contribution in [-0.2, 0) is 14.3 Å². The molecule has 0 aromatic carbocycles. The Morgan fingerprint density at radius 2 is 1.81 bits per heavy atom. The van der Waals surface area contributed by atoms with Gasteiger partial charge in [0, 0.05) is 37.6 Å². The fraction of sp³-hybridized carbons (Fsp3) is 0.545. The summed E-state index contributed by atoms with van der Waals surface area (Å²) < 4.78 is 10.6. The van der Waals surface area contributed by atoms with Crippen molar-refractivity contribution in [2.45, 2.75) is 52.7 Å². The van der Waals surface area contributed by atoms with Crippen molar-refractivity contribution >= 4 is 29.9 Å². The van der Waals surface area contributed by atoms with Gasteiger partial charge in [-0.05, 0) is 47.6 Å². The number of amides is 3. The Kier molecular flexibility index (Phi) is 7.65. The van der Waals surface area contributed by atoms with Crippen molar-refractivity contribution in [2.75, 3.05) is 31.5 Å². The van der Waals surface area contributed by atoms with Gasteiger partial charge in [-0.25, -0.2) is 9.59 Å². The van der Waals surface area contributed by atoms with E-state index >= 15 is 0 Å². The number of ether oxygens (including phenoxy) is 2. The first-order valence-electron chi connectivity index (χ1n) is 10.2. The number of anilines is 1. The Hall–Kier alpha value is -3.10. The van der Waals surface area contributed by atoms with Gasteiger partial charge in [-0.1, -0.05) is 12.2 Å². The van der Waals surface area contributed by atoms with Gasteiger partial charge in [0.25, 0.3) is 0 Å². The first-order chi connectivity index (χ1) is 14.3. The molecule has 170 valence electrons. The maximum atomic E-state index is 12.4. The standard InChI is InChI=1S/C22H32N4O5/c1-21(2,3)30-19(28)24-17-9-10-23-14-16(17)8-7-11-25-12-13-26(15-18(25)27)20(29)31-22(4,5)6/h7-10,14H,11-13,15H2,1-6H3,(H,23,24,28)/b8-7+. The van der Waals surface area contributed by atoms with E-state index in [-0.39, 0.29) is 12.5 Å². The molecule has 0 unspecified atom stereocenters. The second-order valence-electron chi connectivity index (χ2n) is 9.23. The third kappa shape index (κ3) is 8.27. The SMILES string of the molecule is CC(C)(C)OC(=O)Nc1ccncc1/C=C/CN1CCN(C(=O)OC(C)(C)C)CC1=O. The molecule has 0 spiro atoms. The highest BCUT2D eigenvalue weighted by atomic mass is 16.6. The smallest absolute Gasteiger partial charge is 0.412 e. The molecule has 9 heteroatoms. The van der Waals surface area contributed by atoms with Crippen LogP contribution in [-0.4, -0.2) is 70.3 Å². The van der Waals surface area contributed by atoms with Crippen molar-refractivity contribution in [3.8, 4) is 0 Å². The Morgan fingerprint density at radius 1 is 1.13 bits per heavy atom. The van der Waals surface area contributed by atoms with Crippen LogP contribution < -0.4 is 5.32 Å². The zero-order valence-electron chi connectivity index (χ0n) is 19.1. The lowest BCUT2D eigenvalue weighted by Crippen LogP contribution is -2.53. The van der Waals surface area contributed by atoms with Crippen LogP contribution in [0.1, 0.15) is 47.1 Å². The minimum atomic E-state index is -0.602. The first-order valence-corrected chi connectivity index (χ1v) is 10.2. The second-order valence-corrected chi connectivity index (χ2v) is 9.23. The highest BCUT2D eigenvalue weighted by Crippen LogP contribution is 2.18. The van der Waals surface area contributed by atoms with Crippen LogP contribution in [0.15, 0.2) is 24.5 Å². The van der Waals surface area contributed by atoms with Crippen LogP contribution in [0.2, 0.25) is 0 Å². The van der Waals surface area contributed by atoms with E-state index in [2.05, 4.69) is 10.3 Å². The normalized spacial score (nSPS) is 15.2. The number of pyridine rings is 1. The quantitative estimate of drug-likeness (QED) is 0.781. The lowest BCUT2D eigenvalue weighted by Gasteiger charge is -2.34. The zero-order valence-corrected chi connectivity index (χ0v) is 19.1. The van der Waals surface area contributed by atoms with Gasteiger partial charge >= 0.3 is 12.2 Å². The van der Waals surface area contributed by atoms with Crippen LogP contribution in [0.25, 0.3) is 6.08 Å². The molecule has 1 aliphatic heterocycles. The van der Waals surface area contributed by atoms with E-state index in [0.717, 1.165) is 0 Å². The first kappa shape index (κ1) is 24.2. The van der Waals surface area contributed by atoms with E-state index in [1.165, 1.54) is 4.90 Å². The third-order valence-electron chi connectivity index (χ3n) is 4.08. The predicted octanol–water partition coefficient (Wildman–Crippen LogP) is 3.52. The molecule has 0 saturated carbocycles. The van der Waals surface area contributed by atoms with Crippen molar-refractivity contribution in [2.24, 2.45) is 0 Å². The maximum absolute atomic E-state index is 12.4. The largest absolute Gasteiger partial charge is 0.444 e. The van der Waals surface area contributed by atoms with Gasteiger partial charge in [0.05, 0.1) is 5.69 Å². The van der Waals surface area contributed by atoms with E-state index in [9.17, 15) is 14.4 Å². The van der Waals surface area contributed by atoms with Crippen LogP contribution in [0.5, 0.6) is 0 Å². The highest BCUT2D eigenvalue weighted by Gasteiger charge is 2.29. The number of hydrogen-bond acceptors (Lipinski definition) is 6. The Balaban J connectivity index is 1.93. The summed E-state index contributed by atoms with van der Waals surface area (Å²) in [6, 6.07) is 1.67. The Morgan fingerprint density at radius 3 is 2.42 bits per heavy atom. The molecule has 2 rings (SSSR count). The van der Waals surface area contributed by atoms with E-state index < -0.39 is 23.4 Å². The summed E-state index contributed by atoms with van der Waals surface area (Å²) in [6.45, 7) is 11.9. The molecule has 0 bridgehead atoms. The van der Waals surface area contributed by atoms with Crippen molar-refractivity contribution in [3.05, 3.63) is 30.1 Å². The van der Waals surface area contributed by atoms with Gasteiger partial charge in [0.15, 0.2) is 0 Å². The molecule has 1 saturated heterocycles. The van der Waals surface area contributed by atoms with E-state index in [1.807, 2.05) is 6.08 Å². The Bertz CT molecular complexity index is 839. The van der Waals surface area contributed by atoms with Gasteiger partial charge in [-0.15, -0.1) is 0 Å². The average molecular weight is 433 g/mol. The number of nitrogens with zero attached hydrogens (tertiary/aromatic N) is 3. The van der Waals surface area contributed by atoms with Crippen LogP contribution in [0, 0.1) is 0 Å².